The fourth-order valence-corrected chi connectivity index (χ4v) is 3.94. The minimum Gasteiger partial charge on any atom is -0.490 e. The number of alkyl halides is 2. The third-order valence-electron chi connectivity index (χ3n) is 5.18. The minimum absolute atomic E-state index is 0.0246. The molecule has 1 heterocycles. The van der Waals surface area contributed by atoms with Crippen LogP contribution in [0.25, 0.3) is 10.8 Å². The topological polar surface area (TPSA) is 55.8 Å². The van der Waals surface area contributed by atoms with Crippen LogP contribution in [0.1, 0.15) is 35.3 Å². The number of benzene rings is 3. The SMILES string of the molecule is CC(C)Oc1c2c(c(OC(F)F)c3ccccc13)C(=O)N(c1ccc(CC=O)cc1F)C2. The number of aldehydes is 1. The highest BCUT2D eigenvalue weighted by atomic mass is 19.3. The first-order valence-corrected chi connectivity index (χ1v) is 10.0. The van der Waals surface area contributed by atoms with Crippen molar-refractivity contribution < 1.29 is 32.2 Å². The van der Waals surface area contributed by atoms with Gasteiger partial charge in [0.2, 0.25) is 0 Å². The number of carbonyl (C=O) groups is 2. The molecule has 0 fully saturated rings. The van der Waals surface area contributed by atoms with Gasteiger partial charge in [0, 0.05) is 22.8 Å². The predicted molar refractivity (Wildman–Crippen MR) is 113 cm³/mol. The highest BCUT2D eigenvalue weighted by Gasteiger charge is 2.38. The van der Waals surface area contributed by atoms with Crippen molar-refractivity contribution in [1.82, 2.24) is 0 Å². The van der Waals surface area contributed by atoms with E-state index < -0.39 is 18.3 Å². The smallest absolute Gasteiger partial charge is 0.387 e. The van der Waals surface area contributed by atoms with Crippen LogP contribution in [0.5, 0.6) is 11.5 Å². The standard InChI is InChI=1S/C24H20F3NO4/c1-13(2)31-21-15-5-3-4-6-16(15)22(32-24(26)27)20-17(21)12-28(23(20)30)19-8-7-14(9-10-29)11-18(19)25/h3-8,10-11,13,24H,9,12H2,1-2H3. The molecule has 0 N–H and O–H groups in total. The summed E-state index contributed by atoms with van der Waals surface area (Å²) in [5, 5.41) is 0.825. The molecule has 0 aromatic heterocycles. The summed E-state index contributed by atoms with van der Waals surface area (Å²) in [7, 11) is 0. The molecule has 32 heavy (non-hydrogen) atoms. The summed E-state index contributed by atoms with van der Waals surface area (Å²) in [4.78, 5) is 25.2. The number of halogens is 3. The molecule has 0 saturated heterocycles. The van der Waals surface area contributed by atoms with Crippen molar-refractivity contribution in [2.45, 2.75) is 39.5 Å². The summed E-state index contributed by atoms with van der Waals surface area (Å²) in [6.45, 7) is 0.389. The molecule has 0 bridgehead atoms. The van der Waals surface area contributed by atoms with Gasteiger partial charge in [0.15, 0.2) is 0 Å². The highest BCUT2D eigenvalue weighted by Crippen LogP contribution is 2.47. The average molecular weight is 443 g/mol. The number of hydrogen-bond acceptors (Lipinski definition) is 4. The monoisotopic (exact) mass is 443 g/mol. The van der Waals surface area contributed by atoms with E-state index in [1.165, 1.54) is 12.1 Å². The molecule has 1 amide bonds. The molecule has 0 radical (unpaired) electrons. The summed E-state index contributed by atoms with van der Waals surface area (Å²) in [6.07, 6.45) is 0.434. The summed E-state index contributed by atoms with van der Waals surface area (Å²) in [5.41, 5.74) is 0.718. The van der Waals surface area contributed by atoms with Crippen molar-refractivity contribution in [2.24, 2.45) is 0 Å². The molecule has 0 saturated carbocycles. The number of fused-ring (bicyclic) bond motifs is 2. The van der Waals surface area contributed by atoms with E-state index in [9.17, 15) is 22.8 Å². The molecule has 0 spiro atoms. The predicted octanol–water partition coefficient (Wildman–Crippen LogP) is 5.27. The Morgan fingerprint density at radius 3 is 2.34 bits per heavy atom. The molecule has 5 nitrogen and oxygen atoms in total. The third-order valence-corrected chi connectivity index (χ3v) is 5.18. The van der Waals surface area contributed by atoms with Crippen LogP contribution in [-0.4, -0.2) is 24.9 Å². The first-order valence-electron chi connectivity index (χ1n) is 10.0. The van der Waals surface area contributed by atoms with E-state index in [0.717, 1.165) is 4.90 Å². The Balaban J connectivity index is 1.92. The van der Waals surface area contributed by atoms with Gasteiger partial charge in [-0.25, -0.2) is 4.39 Å². The lowest BCUT2D eigenvalue weighted by atomic mass is 9.99. The van der Waals surface area contributed by atoms with Crippen molar-refractivity contribution in [1.29, 1.82) is 0 Å². The van der Waals surface area contributed by atoms with Crippen molar-refractivity contribution in [3.63, 3.8) is 0 Å². The highest BCUT2D eigenvalue weighted by molar-refractivity contribution is 6.17. The maximum absolute atomic E-state index is 14.8. The first kappa shape index (κ1) is 21.7. The molecule has 3 aromatic carbocycles. The van der Waals surface area contributed by atoms with Gasteiger partial charge in [-0.15, -0.1) is 0 Å². The van der Waals surface area contributed by atoms with E-state index in [2.05, 4.69) is 0 Å². The molecular weight excluding hydrogens is 423 g/mol. The van der Waals surface area contributed by atoms with E-state index in [0.29, 0.717) is 33.9 Å². The number of carbonyl (C=O) groups excluding carboxylic acids is 2. The summed E-state index contributed by atoms with van der Waals surface area (Å²) in [6, 6.07) is 10.8. The van der Waals surface area contributed by atoms with Crippen molar-refractivity contribution in [3.05, 3.63) is 65.0 Å². The molecule has 8 heteroatoms. The van der Waals surface area contributed by atoms with Crippen LogP contribution in [0.15, 0.2) is 42.5 Å². The van der Waals surface area contributed by atoms with Crippen molar-refractivity contribution >= 4 is 28.7 Å². The molecule has 166 valence electrons. The number of ether oxygens (including phenoxy) is 2. The van der Waals surface area contributed by atoms with Gasteiger partial charge in [-0.1, -0.05) is 30.3 Å². The second-order valence-corrected chi connectivity index (χ2v) is 7.65. The Labute approximate surface area is 182 Å². The van der Waals surface area contributed by atoms with E-state index in [1.807, 2.05) is 13.8 Å². The van der Waals surface area contributed by atoms with Gasteiger partial charge in [-0.05, 0) is 31.5 Å². The van der Waals surface area contributed by atoms with E-state index >= 15 is 0 Å². The maximum Gasteiger partial charge on any atom is 0.387 e. The quantitative estimate of drug-likeness (QED) is 0.467. The molecule has 0 atom stereocenters. The first-order chi connectivity index (χ1) is 15.3. The molecular formula is C24H20F3NO4. The van der Waals surface area contributed by atoms with Crippen LogP contribution in [0.4, 0.5) is 18.9 Å². The Hall–Kier alpha value is -3.55. The van der Waals surface area contributed by atoms with Gasteiger partial charge in [0.1, 0.15) is 23.6 Å². The number of nitrogens with zero attached hydrogens (tertiary/aromatic N) is 1. The maximum atomic E-state index is 14.8. The third kappa shape index (κ3) is 3.77. The fraction of sp³-hybridized carbons (Fsp3) is 0.250. The second-order valence-electron chi connectivity index (χ2n) is 7.65. The van der Waals surface area contributed by atoms with Crippen LogP contribution in [0, 0.1) is 5.82 Å². The zero-order valence-electron chi connectivity index (χ0n) is 17.4. The lowest BCUT2D eigenvalue weighted by Gasteiger charge is -2.19. The number of amides is 1. The Kier molecular flexibility index (Phi) is 5.78. The molecule has 3 aromatic rings. The molecule has 4 rings (SSSR count). The average Bonchev–Trinajstić information content (AvgIpc) is 3.07. The van der Waals surface area contributed by atoms with Gasteiger partial charge in [0.05, 0.1) is 23.9 Å². The lowest BCUT2D eigenvalue weighted by Crippen LogP contribution is -2.24. The molecule has 0 aliphatic carbocycles. The largest absolute Gasteiger partial charge is 0.490 e. The van der Waals surface area contributed by atoms with Crippen LogP contribution in [0.2, 0.25) is 0 Å². The zero-order valence-corrected chi connectivity index (χ0v) is 17.4. The summed E-state index contributed by atoms with van der Waals surface area (Å²) < 4.78 is 52.2. The lowest BCUT2D eigenvalue weighted by molar-refractivity contribution is -0.107. The van der Waals surface area contributed by atoms with Crippen molar-refractivity contribution in [3.8, 4) is 11.5 Å². The second kappa shape index (κ2) is 8.53. The number of hydrogen-bond donors (Lipinski definition) is 0. The van der Waals surface area contributed by atoms with Gasteiger partial charge >= 0.3 is 6.61 Å². The Bertz CT molecular complexity index is 1210. The van der Waals surface area contributed by atoms with Gasteiger partial charge in [-0.3, -0.25) is 4.79 Å². The number of rotatable bonds is 7. The molecule has 1 aliphatic heterocycles. The van der Waals surface area contributed by atoms with Crippen LogP contribution >= 0.6 is 0 Å². The van der Waals surface area contributed by atoms with Gasteiger partial charge in [-0.2, -0.15) is 8.78 Å². The Morgan fingerprint density at radius 2 is 1.75 bits per heavy atom. The van der Waals surface area contributed by atoms with Gasteiger partial charge < -0.3 is 19.2 Å². The van der Waals surface area contributed by atoms with E-state index in [1.54, 1.807) is 30.3 Å². The fourth-order valence-electron chi connectivity index (χ4n) is 3.94. The number of anilines is 1. The molecule has 0 unspecified atom stereocenters. The van der Waals surface area contributed by atoms with Crippen molar-refractivity contribution in [2.75, 3.05) is 4.90 Å². The summed E-state index contributed by atoms with van der Waals surface area (Å²) >= 11 is 0. The van der Waals surface area contributed by atoms with Crippen LogP contribution in [0.3, 0.4) is 0 Å². The normalized spacial score (nSPS) is 13.2. The minimum atomic E-state index is -3.15. The summed E-state index contributed by atoms with van der Waals surface area (Å²) in [5.74, 6) is -1.25. The zero-order chi connectivity index (χ0) is 23.0. The van der Waals surface area contributed by atoms with E-state index in [-0.39, 0.29) is 36.1 Å². The Morgan fingerprint density at radius 1 is 1.06 bits per heavy atom. The molecule has 1 aliphatic rings. The van der Waals surface area contributed by atoms with Crippen LogP contribution in [-0.2, 0) is 17.8 Å². The van der Waals surface area contributed by atoms with E-state index in [4.69, 9.17) is 9.47 Å². The van der Waals surface area contributed by atoms with Crippen LogP contribution < -0.4 is 14.4 Å². The van der Waals surface area contributed by atoms with Gasteiger partial charge in [0.25, 0.3) is 5.91 Å².